The Kier molecular flexibility index (Phi) is 11.4. The normalized spacial score (nSPS) is 22.6. The van der Waals surface area contributed by atoms with Crippen LogP contribution in [0.5, 0.6) is 0 Å². The van der Waals surface area contributed by atoms with Crippen LogP contribution in [0.25, 0.3) is 0 Å². The van der Waals surface area contributed by atoms with Crippen molar-refractivity contribution in [1.29, 1.82) is 0 Å². The van der Waals surface area contributed by atoms with Crippen LogP contribution in [0.3, 0.4) is 0 Å². The van der Waals surface area contributed by atoms with Gasteiger partial charge in [-0.2, -0.15) is 0 Å². The van der Waals surface area contributed by atoms with E-state index in [0.29, 0.717) is 19.3 Å². The number of amides is 5. The Labute approximate surface area is 266 Å². The lowest BCUT2D eigenvalue weighted by Crippen LogP contribution is -2.60. The second-order valence-corrected chi connectivity index (χ2v) is 13.1. The minimum Gasteiger partial charge on any atom is -0.347 e. The van der Waals surface area contributed by atoms with Crippen LogP contribution < -0.4 is 21.3 Å². The van der Waals surface area contributed by atoms with Gasteiger partial charge in [-0.3, -0.25) is 33.8 Å². The molecule has 15 heteroatoms. The fourth-order valence-corrected chi connectivity index (χ4v) is 6.28. The summed E-state index contributed by atoms with van der Waals surface area (Å²) in [5.41, 5.74) is 0.0172. The maximum atomic E-state index is 14.1. The number of likely N-dealkylation sites (tertiary alicyclic amines) is 1. The largest absolute Gasteiger partial charge is 0.347 e. The summed E-state index contributed by atoms with van der Waals surface area (Å²) in [6, 6.07) is -5.12. The van der Waals surface area contributed by atoms with Gasteiger partial charge in [-0.05, 0) is 49.4 Å². The van der Waals surface area contributed by atoms with Crippen LogP contribution in [-0.4, -0.2) is 93.4 Å². The number of aromatic nitrogens is 2. The van der Waals surface area contributed by atoms with Gasteiger partial charge < -0.3 is 26.2 Å². The molecule has 6 atom stereocenters. The van der Waals surface area contributed by atoms with Crippen molar-refractivity contribution in [2.45, 2.75) is 103 Å². The van der Waals surface area contributed by atoms with Crippen LogP contribution in [0.2, 0.25) is 0 Å². The summed E-state index contributed by atoms with van der Waals surface area (Å²) >= 11 is 0. The van der Waals surface area contributed by atoms with Gasteiger partial charge in [-0.25, -0.2) is 13.8 Å². The van der Waals surface area contributed by atoms with E-state index in [1.807, 2.05) is 0 Å². The Morgan fingerprint density at radius 1 is 0.913 bits per heavy atom. The highest BCUT2D eigenvalue weighted by Crippen LogP contribution is 2.42. The molecule has 4 rings (SSSR count). The van der Waals surface area contributed by atoms with E-state index in [2.05, 4.69) is 31.2 Å². The molecule has 2 saturated carbocycles. The lowest BCUT2D eigenvalue weighted by molar-refractivity contribution is -0.145. The van der Waals surface area contributed by atoms with Crippen molar-refractivity contribution in [3.8, 4) is 0 Å². The monoisotopic (exact) mass is 647 g/mol. The van der Waals surface area contributed by atoms with Gasteiger partial charge in [0.2, 0.25) is 29.9 Å². The first kappa shape index (κ1) is 34.8. The molecule has 13 nitrogen and oxygen atoms in total. The molecule has 0 aromatic carbocycles. The number of nitrogens with one attached hydrogen (secondary N) is 4. The number of ketones is 1. The molecule has 1 aliphatic heterocycles. The number of Topliss-reactive ketones (excluding diaryl/α,β-unsaturated/α-hetero) is 1. The fraction of sp³-hybridized carbons (Fsp3) is 0.677. The van der Waals surface area contributed by atoms with Crippen molar-refractivity contribution in [3.05, 3.63) is 24.3 Å². The third-order valence-electron chi connectivity index (χ3n) is 8.89. The lowest BCUT2D eigenvalue weighted by Gasteiger charge is -2.33. The molecule has 3 fully saturated rings. The van der Waals surface area contributed by atoms with Gasteiger partial charge in [0.15, 0.2) is 0 Å². The summed E-state index contributed by atoms with van der Waals surface area (Å²) in [7, 11) is 0. The van der Waals surface area contributed by atoms with Crippen molar-refractivity contribution in [1.82, 2.24) is 36.1 Å². The second kappa shape index (κ2) is 15.0. The zero-order valence-corrected chi connectivity index (χ0v) is 26.5. The molecule has 1 aromatic heterocycles. The van der Waals surface area contributed by atoms with Gasteiger partial charge in [0, 0.05) is 31.4 Å². The average molecular weight is 648 g/mol. The van der Waals surface area contributed by atoms with Gasteiger partial charge in [0.05, 0.1) is 6.20 Å². The van der Waals surface area contributed by atoms with Crippen LogP contribution in [0.1, 0.15) is 76.7 Å². The zero-order chi connectivity index (χ0) is 33.7. The van der Waals surface area contributed by atoms with E-state index in [-0.39, 0.29) is 36.0 Å². The van der Waals surface area contributed by atoms with Crippen molar-refractivity contribution < 1.29 is 37.5 Å². The number of hydrogen-bond acceptors (Lipinski definition) is 8. The summed E-state index contributed by atoms with van der Waals surface area (Å²) in [4.78, 5) is 88.5. The van der Waals surface area contributed by atoms with Gasteiger partial charge in [0.25, 0.3) is 11.8 Å². The Hall–Kier alpha value is -4.04. The van der Waals surface area contributed by atoms with Crippen LogP contribution in [0, 0.1) is 23.7 Å². The summed E-state index contributed by atoms with van der Waals surface area (Å²) < 4.78 is 26.9. The van der Waals surface area contributed by atoms with Gasteiger partial charge in [-0.1, -0.05) is 34.1 Å². The fourth-order valence-electron chi connectivity index (χ4n) is 6.28. The van der Waals surface area contributed by atoms with E-state index in [9.17, 15) is 37.5 Å². The first-order valence-corrected chi connectivity index (χ1v) is 15.9. The number of hydrogen-bond donors (Lipinski definition) is 4. The van der Waals surface area contributed by atoms with E-state index in [0.717, 1.165) is 12.8 Å². The molecule has 5 amide bonds. The molecule has 0 bridgehead atoms. The van der Waals surface area contributed by atoms with Crippen LogP contribution in [0.4, 0.5) is 8.78 Å². The standard InChI is InChI=1S/C31H43F2N7O6/c1-15(2)23(38-27(42)21-13-34-10-11-35-21)28(43)39-24(16(3)4)31(46)40-14-17-6-5-7-19(17)25(40)29(44)37-20(12-22(32)33)26(41)30(45)36-18-8-9-18/h10-11,13,15-20,22-25H,5-9,12,14H2,1-4H3,(H,36,45)(H,37,44)(H,38,42)(H,39,43)/t17?,19?,20?,23-,24-,25-/m0/s1. The molecule has 46 heavy (non-hydrogen) atoms. The van der Waals surface area contributed by atoms with Gasteiger partial charge >= 0.3 is 0 Å². The number of fused-ring (bicyclic) bond motifs is 1. The molecule has 2 heterocycles. The minimum absolute atomic E-state index is 0.0172. The summed E-state index contributed by atoms with van der Waals surface area (Å²) in [5, 5.41) is 10.3. The van der Waals surface area contributed by atoms with E-state index < -0.39 is 78.3 Å². The molecule has 0 radical (unpaired) electrons. The molecule has 3 aliphatic rings. The van der Waals surface area contributed by atoms with Gasteiger partial charge in [0.1, 0.15) is 29.9 Å². The molecular weight excluding hydrogens is 604 g/mol. The molecule has 1 saturated heterocycles. The number of halogens is 2. The van der Waals surface area contributed by atoms with Crippen molar-refractivity contribution in [3.63, 3.8) is 0 Å². The summed E-state index contributed by atoms with van der Waals surface area (Å²) in [5.74, 6) is -5.82. The predicted molar refractivity (Wildman–Crippen MR) is 160 cm³/mol. The summed E-state index contributed by atoms with van der Waals surface area (Å²) in [6.45, 7) is 7.14. The topological polar surface area (TPSA) is 180 Å². The highest BCUT2D eigenvalue weighted by atomic mass is 19.3. The SMILES string of the molecule is CC(C)[C@H](NC(=O)c1cnccn1)C(=O)N[C@H](C(=O)N1CC2CCCC2[C@H]1C(=O)NC(CC(F)F)C(=O)C(=O)NC1CC1)C(C)C. The number of alkyl halides is 2. The Balaban J connectivity index is 1.51. The molecule has 0 spiro atoms. The van der Waals surface area contributed by atoms with Crippen LogP contribution in [0.15, 0.2) is 18.6 Å². The van der Waals surface area contributed by atoms with E-state index in [4.69, 9.17) is 0 Å². The van der Waals surface area contributed by atoms with Crippen molar-refractivity contribution >= 4 is 35.3 Å². The third kappa shape index (κ3) is 8.40. The van der Waals surface area contributed by atoms with E-state index in [1.54, 1.807) is 27.7 Å². The maximum Gasteiger partial charge on any atom is 0.289 e. The number of nitrogens with zero attached hydrogens (tertiary/aromatic N) is 3. The number of carbonyl (C=O) groups is 6. The quantitative estimate of drug-likeness (QED) is 0.216. The Bertz CT molecular complexity index is 1310. The first-order chi connectivity index (χ1) is 21.8. The average Bonchev–Trinajstić information content (AvgIpc) is 3.57. The van der Waals surface area contributed by atoms with Gasteiger partial charge in [-0.15, -0.1) is 0 Å². The number of rotatable bonds is 14. The minimum atomic E-state index is -2.97. The van der Waals surface area contributed by atoms with E-state index in [1.165, 1.54) is 23.5 Å². The predicted octanol–water partition coefficient (Wildman–Crippen LogP) is 0.987. The highest BCUT2D eigenvalue weighted by molar-refractivity contribution is 6.38. The van der Waals surface area contributed by atoms with Crippen LogP contribution in [-0.2, 0) is 24.0 Å². The second-order valence-electron chi connectivity index (χ2n) is 13.1. The van der Waals surface area contributed by atoms with Crippen molar-refractivity contribution in [2.24, 2.45) is 23.7 Å². The third-order valence-corrected chi connectivity index (χ3v) is 8.89. The number of carbonyl (C=O) groups excluding carboxylic acids is 6. The van der Waals surface area contributed by atoms with Crippen molar-refractivity contribution in [2.75, 3.05) is 6.54 Å². The first-order valence-electron chi connectivity index (χ1n) is 15.9. The summed E-state index contributed by atoms with van der Waals surface area (Å²) in [6.07, 6.45) is 3.57. The Morgan fingerprint density at radius 3 is 2.20 bits per heavy atom. The lowest BCUT2D eigenvalue weighted by atomic mass is 9.92. The molecule has 4 N–H and O–H groups in total. The molecule has 252 valence electrons. The smallest absolute Gasteiger partial charge is 0.289 e. The maximum absolute atomic E-state index is 14.1. The highest BCUT2D eigenvalue weighted by Gasteiger charge is 2.51. The molecule has 2 aliphatic carbocycles. The zero-order valence-electron chi connectivity index (χ0n) is 26.5. The molecule has 3 unspecified atom stereocenters. The molecule has 1 aromatic rings. The Morgan fingerprint density at radius 2 is 1.61 bits per heavy atom. The van der Waals surface area contributed by atoms with Crippen LogP contribution >= 0.6 is 0 Å². The van der Waals surface area contributed by atoms with E-state index >= 15 is 0 Å². The molecular formula is C31H43F2N7O6.